The van der Waals surface area contributed by atoms with Crippen LogP contribution in [0.3, 0.4) is 0 Å². The van der Waals surface area contributed by atoms with E-state index in [9.17, 15) is 9.59 Å². The van der Waals surface area contributed by atoms with Crippen LogP contribution in [0.5, 0.6) is 0 Å². The Labute approximate surface area is 171 Å². The molecule has 2 aliphatic heterocycles. The van der Waals surface area contributed by atoms with Gasteiger partial charge in [-0.25, -0.2) is 0 Å². The van der Waals surface area contributed by atoms with Gasteiger partial charge in [0.05, 0.1) is 0 Å². The molecule has 0 radical (unpaired) electrons. The number of carbonyl (C=O) groups is 2. The topological polar surface area (TPSA) is 71.3 Å². The van der Waals surface area contributed by atoms with Crippen molar-refractivity contribution in [2.24, 2.45) is 5.41 Å². The first-order valence-electron chi connectivity index (χ1n) is 10.5. The molecule has 2 fully saturated rings. The van der Waals surface area contributed by atoms with E-state index < -0.39 is 0 Å². The summed E-state index contributed by atoms with van der Waals surface area (Å²) >= 11 is 0. The Balaban J connectivity index is 1.39. The van der Waals surface area contributed by atoms with Gasteiger partial charge < -0.3 is 9.80 Å². The summed E-state index contributed by atoms with van der Waals surface area (Å²) in [5.41, 5.74) is 1.24. The summed E-state index contributed by atoms with van der Waals surface area (Å²) < 4.78 is 1.77. The molecule has 7 heteroatoms. The monoisotopic (exact) mass is 395 g/mol. The predicted molar refractivity (Wildman–Crippen MR) is 109 cm³/mol. The lowest BCUT2D eigenvalue weighted by Crippen LogP contribution is -2.52. The first-order chi connectivity index (χ1) is 14.1. The van der Waals surface area contributed by atoms with Crippen molar-refractivity contribution in [3.63, 3.8) is 0 Å². The Bertz CT molecular complexity index is 828. The number of rotatable bonds is 5. The maximum Gasteiger partial charge on any atom is 0.247 e. The van der Waals surface area contributed by atoms with Crippen LogP contribution in [0.25, 0.3) is 0 Å². The quantitative estimate of drug-likeness (QED) is 0.780. The fraction of sp³-hybridized carbons (Fsp3) is 0.545. The Morgan fingerprint density at radius 3 is 2.59 bits per heavy atom. The fourth-order valence-corrected chi connectivity index (χ4v) is 4.72. The number of hydrogen-bond acceptors (Lipinski definition) is 4. The fourth-order valence-electron chi connectivity index (χ4n) is 4.72. The zero-order valence-corrected chi connectivity index (χ0v) is 17.0. The van der Waals surface area contributed by atoms with Gasteiger partial charge in [0.25, 0.3) is 0 Å². The molecule has 2 aromatic rings. The summed E-state index contributed by atoms with van der Waals surface area (Å²) in [5.74, 6) is 0.391. The van der Waals surface area contributed by atoms with E-state index in [1.807, 2.05) is 41.1 Å². The van der Waals surface area contributed by atoms with Crippen molar-refractivity contribution in [2.75, 3.05) is 19.6 Å². The minimum atomic E-state index is -0.227. The van der Waals surface area contributed by atoms with E-state index in [1.54, 1.807) is 23.3 Å². The third-order valence-corrected chi connectivity index (χ3v) is 6.52. The molecule has 1 atom stereocenters. The van der Waals surface area contributed by atoms with Crippen LogP contribution < -0.4 is 0 Å². The summed E-state index contributed by atoms with van der Waals surface area (Å²) in [6.45, 7) is 4.97. The summed E-state index contributed by atoms with van der Waals surface area (Å²) in [5, 5.41) is 4.27. The van der Waals surface area contributed by atoms with Crippen molar-refractivity contribution in [1.82, 2.24) is 24.6 Å². The van der Waals surface area contributed by atoms with Gasteiger partial charge in [-0.3, -0.25) is 19.3 Å². The molecular formula is C22H29N5O2. The van der Waals surface area contributed by atoms with Crippen molar-refractivity contribution >= 4 is 11.8 Å². The number of carbonyl (C=O) groups excluding carboxylic acids is 2. The van der Waals surface area contributed by atoms with E-state index in [1.165, 1.54) is 0 Å². The predicted octanol–water partition coefficient (Wildman–Crippen LogP) is 2.66. The van der Waals surface area contributed by atoms with E-state index in [0.717, 1.165) is 50.9 Å². The standard InChI is InChI=1S/C22H29N5O2/c1-2-19(27-13-3-10-24-27)21(29)25-14-8-22(9-15-25)7-4-20(28)26(17-22)16-18-5-11-23-12-6-18/h3,5-6,10-13,19H,2,4,7-9,14-17H2,1H3/t19-/m1/s1. The molecule has 2 saturated heterocycles. The molecule has 7 nitrogen and oxygen atoms in total. The smallest absolute Gasteiger partial charge is 0.247 e. The maximum absolute atomic E-state index is 13.1. The van der Waals surface area contributed by atoms with Crippen molar-refractivity contribution in [3.8, 4) is 0 Å². The molecule has 4 rings (SSSR count). The lowest BCUT2D eigenvalue weighted by Gasteiger charge is -2.47. The average Bonchev–Trinajstić information content (AvgIpc) is 3.27. The Kier molecular flexibility index (Phi) is 5.65. The van der Waals surface area contributed by atoms with Gasteiger partial charge in [0, 0.05) is 57.4 Å². The highest BCUT2D eigenvalue weighted by Crippen LogP contribution is 2.41. The van der Waals surface area contributed by atoms with Gasteiger partial charge in [0.1, 0.15) is 6.04 Å². The van der Waals surface area contributed by atoms with Gasteiger partial charge in [-0.1, -0.05) is 6.92 Å². The van der Waals surface area contributed by atoms with Crippen LogP contribution in [0.4, 0.5) is 0 Å². The number of hydrogen-bond donors (Lipinski definition) is 0. The third-order valence-electron chi connectivity index (χ3n) is 6.52. The maximum atomic E-state index is 13.1. The minimum absolute atomic E-state index is 0.130. The number of nitrogens with zero attached hydrogens (tertiary/aromatic N) is 5. The average molecular weight is 396 g/mol. The molecule has 0 bridgehead atoms. The van der Waals surface area contributed by atoms with Gasteiger partial charge in [-0.15, -0.1) is 0 Å². The lowest BCUT2D eigenvalue weighted by atomic mass is 9.72. The largest absolute Gasteiger partial charge is 0.341 e. The summed E-state index contributed by atoms with van der Waals surface area (Å²) in [6.07, 6.45) is 11.3. The molecule has 0 aliphatic carbocycles. The summed E-state index contributed by atoms with van der Waals surface area (Å²) in [6, 6.07) is 5.57. The number of aromatic nitrogens is 3. The highest BCUT2D eigenvalue weighted by Gasteiger charge is 2.42. The molecule has 0 aromatic carbocycles. The summed E-state index contributed by atoms with van der Waals surface area (Å²) in [7, 11) is 0. The van der Waals surface area contributed by atoms with E-state index in [2.05, 4.69) is 10.1 Å². The van der Waals surface area contributed by atoms with Crippen LogP contribution in [0.2, 0.25) is 0 Å². The van der Waals surface area contributed by atoms with Crippen molar-refractivity contribution in [1.29, 1.82) is 0 Å². The van der Waals surface area contributed by atoms with Gasteiger partial charge in [0.15, 0.2) is 0 Å². The van der Waals surface area contributed by atoms with Crippen LogP contribution in [-0.2, 0) is 16.1 Å². The Morgan fingerprint density at radius 2 is 1.93 bits per heavy atom. The van der Waals surface area contributed by atoms with E-state index in [4.69, 9.17) is 0 Å². The zero-order chi connectivity index (χ0) is 20.3. The van der Waals surface area contributed by atoms with Gasteiger partial charge in [-0.05, 0) is 54.9 Å². The van der Waals surface area contributed by atoms with Crippen LogP contribution in [0.1, 0.15) is 50.6 Å². The lowest BCUT2D eigenvalue weighted by molar-refractivity contribution is -0.144. The number of amides is 2. The second kappa shape index (κ2) is 8.35. The summed E-state index contributed by atoms with van der Waals surface area (Å²) in [4.78, 5) is 33.6. The highest BCUT2D eigenvalue weighted by atomic mass is 16.2. The Hall–Kier alpha value is -2.70. The van der Waals surface area contributed by atoms with E-state index >= 15 is 0 Å². The highest BCUT2D eigenvalue weighted by molar-refractivity contribution is 5.80. The van der Waals surface area contributed by atoms with Crippen LogP contribution in [0, 0.1) is 5.41 Å². The number of piperidine rings is 2. The second-order valence-corrected chi connectivity index (χ2v) is 8.34. The molecule has 0 saturated carbocycles. The van der Waals surface area contributed by atoms with Crippen LogP contribution in [-0.4, -0.2) is 56.0 Å². The molecule has 2 aliphatic rings. The number of pyridine rings is 1. The third kappa shape index (κ3) is 4.18. The van der Waals surface area contributed by atoms with E-state index in [-0.39, 0.29) is 23.3 Å². The van der Waals surface area contributed by atoms with Crippen molar-refractivity contribution in [3.05, 3.63) is 48.5 Å². The molecule has 1 spiro atoms. The Morgan fingerprint density at radius 1 is 1.17 bits per heavy atom. The van der Waals surface area contributed by atoms with Crippen molar-refractivity contribution < 1.29 is 9.59 Å². The van der Waals surface area contributed by atoms with Crippen molar-refractivity contribution in [2.45, 2.75) is 51.6 Å². The molecule has 4 heterocycles. The molecule has 2 aromatic heterocycles. The van der Waals surface area contributed by atoms with Gasteiger partial charge in [0.2, 0.25) is 11.8 Å². The molecular weight excluding hydrogens is 366 g/mol. The van der Waals surface area contributed by atoms with Crippen LogP contribution in [0.15, 0.2) is 43.0 Å². The molecule has 0 N–H and O–H groups in total. The number of likely N-dealkylation sites (tertiary alicyclic amines) is 2. The SMILES string of the molecule is CC[C@H](C(=O)N1CCC2(CCC(=O)N(Cc3ccncc3)C2)CC1)n1cccn1. The first kappa shape index (κ1) is 19.6. The normalized spacial score (nSPS) is 20.1. The zero-order valence-electron chi connectivity index (χ0n) is 17.0. The molecule has 0 unspecified atom stereocenters. The molecule has 2 amide bonds. The van der Waals surface area contributed by atoms with E-state index in [0.29, 0.717) is 13.0 Å². The van der Waals surface area contributed by atoms with Gasteiger partial charge in [-0.2, -0.15) is 5.10 Å². The molecule has 154 valence electrons. The van der Waals surface area contributed by atoms with Crippen LogP contribution >= 0.6 is 0 Å². The second-order valence-electron chi connectivity index (χ2n) is 8.34. The minimum Gasteiger partial charge on any atom is -0.341 e. The molecule has 29 heavy (non-hydrogen) atoms. The first-order valence-corrected chi connectivity index (χ1v) is 10.5. The van der Waals surface area contributed by atoms with Gasteiger partial charge >= 0.3 is 0 Å².